The van der Waals surface area contributed by atoms with Gasteiger partial charge in [0.1, 0.15) is 5.60 Å². The van der Waals surface area contributed by atoms with E-state index in [1.54, 1.807) is 32.9 Å². The van der Waals surface area contributed by atoms with Gasteiger partial charge in [0.2, 0.25) is 0 Å². The summed E-state index contributed by atoms with van der Waals surface area (Å²) in [6.45, 7) is 5.90. The number of carbonyl (C=O) groups excluding carboxylic acids is 1. The molecule has 1 saturated heterocycles. The van der Waals surface area contributed by atoms with E-state index in [2.05, 4.69) is 4.98 Å². The Kier molecular flexibility index (Phi) is 4.75. The van der Waals surface area contributed by atoms with Crippen LogP contribution in [0.3, 0.4) is 0 Å². The quantitative estimate of drug-likeness (QED) is 0.851. The number of nitrogens with zero attached hydrogens (tertiary/aromatic N) is 2. The molecule has 0 radical (unpaired) electrons. The molecular weight excluding hydrogens is 304 g/mol. The molecule has 1 aromatic rings. The van der Waals surface area contributed by atoms with Crippen LogP contribution in [0.2, 0.25) is 0 Å². The summed E-state index contributed by atoms with van der Waals surface area (Å²) >= 11 is 0. The van der Waals surface area contributed by atoms with Crippen molar-refractivity contribution in [3.8, 4) is 0 Å². The van der Waals surface area contributed by atoms with Crippen LogP contribution in [-0.2, 0) is 14.6 Å². The average Bonchev–Trinajstić information content (AvgIpc) is 2.85. The number of hydrogen-bond acceptors (Lipinski definition) is 5. The van der Waals surface area contributed by atoms with Crippen molar-refractivity contribution >= 4 is 15.9 Å². The van der Waals surface area contributed by atoms with E-state index in [9.17, 15) is 13.2 Å². The molecule has 2 rings (SSSR count). The molecule has 0 aliphatic carbocycles. The third-order valence-corrected chi connectivity index (χ3v) is 5.08. The number of sulfone groups is 1. The first kappa shape index (κ1) is 16.7. The van der Waals surface area contributed by atoms with Crippen LogP contribution in [0.5, 0.6) is 0 Å². The van der Waals surface area contributed by atoms with Crippen LogP contribution in [0.25, 0.3) is 0 Å². The van der Waals surface area contributed by atoms with Crippen molar-refractivity contribution in [2.75, 3.05) is 12.3 Å². The van der Waals surface area contributed by atoms with Gasteiger partial charge in [-0.2, -0.15) is 0 Å². The molecule has 0 unspecified atom stereocenters. The van der Waals surface area contributed by atoms with E-state index in [0.29, 0.717) is 13.0 Å². The molecule has 1 amide bonds. The van der Waals surface area contributed by atoms with Crippen molar-refractivity contribution in [3.05, 3.63) is 24.4 Å². The topological polar surface area (TPSA) is 76.6 Å². The van der Waals surface area contributed by atoms with E-state index >= 15 is 0 Å². The number of ether oxygens (including phenoxy) is 1. The molecular formula is C15H22N2O4S. The number of rotatable bonds is 3. The molecule has 0 aromatic carbocycles. The minimum atomic E-state index is -3.51. The molecule has 0 spiro atoms. The van der Waals surface area contributed by atoms with Crippen LogP contribution in [0, 0.1) is 0 Å². The average molecular weight is 326 g/mol. The molecule has 0 bridgehead atoms. The summed E-state index contributed by atoms with van der Waals surface area (Å²) in [6.07, 6.45) is 2.44. The standard InChI is InChI=1S/C15H22N2O4S/c1-15(2,3)21-14(18)17-10-6-7-12(17)11-22(19,20)13-8-4-5-9-16-13/h4-5,8-9,12H,6-7,10-11H2,1-3H3/t12-/m1/s1. The van der Waals surface area contributed by atoms with E-state index < -0.39 is 21.5 Å². The van der Waals surface area contributed by atoms with Crippen molar-refractivity contribution in [2.24, 2.45) is 0 Å². The first-order chi connectivity index (χ1) is 10.2. The van der Waals surface area contributed by atoms with Gasteiger partial charge in [-0.15, -0.1) is 0 Å². The second-order valence-corrected chi connectivity index (χ2v) is 8.40. The van der Waals surface area contributed by atoms with Crippen molar-refractivity contribution in [1.29, 1.82) is 0 Å². The fraction of sp³-hybridized carbons (Fsp3) is 0.600. The zero-order valence-electron chi connectivity index (χ0n) is 13.2. The number of likely N-dealkylation sites (tertiary alicyclic amines) is 1. The van der Waals surface area contributed by atoms with Gasteiger partial charge in [0.15, 0.2) is 14.9 Å². The lowest BCUT2D eigenvalue weighted by Crippen LogP contribution is -2.42. The predicted molar refractivity (Wildman–Crippen MR) is 82.3 cm³/mol. The summed E-state index contributed by atoms with van der Waals surface area (Å²) in [5, 5.41) is 0.0473. The maximum absolute atomic E-state index is 12.4. The second-order valence-electron chi connectivity index (χ2n) is 6.42. The highest BCUT2D eigenvalue weighted by Crippen LogP contribution is 2.23. The third kappa shape index (κ3) is 4.19. The zero-order chi connectivity index (χ0) is 16.4. The molecule has 7 heteroatoms. The van der Waals surface area contributed by atoms with Gasteiger partial charge >= 0.3 is 6.09 Å². The van der Waals surface area contributed by atoms with Gasteiger partial charge in [0.25, 0.3) is 0 Å². The molecule has 0 N–H and O–H groups in total. The molecule has 122 valence electrons. The highest BCUT2D eigenvalue weighted by molar-refractivity contribution is 7.91. The normalized spacial score (nSPS) is 19.2. The van der Waals surface area contributed by atoms with E-state index in [-0.39, 0.29) is 16.8 Å². The van der Waals surface area contributed by atoms with Crippen molar-refractivity contribution in [1.82, 2.24) is 9.88 Å². The highest BCUT2D eigenvalue weighted by atomic mass is 32.2. The predicted octanol–water partition coefficient (Wildman–Crippen LogP) is 2.25. The van der Waals surface area contributed by atoms with Gasteiger partial charge in [-0.3, -0.25) is 0 Å². The van der Waals surface area contributed by atoms with Gasteiger partial charge in [-0.25, -0.2) is 18.2 Å². The molecule has 6 nitrogen and oxygen atoms in total. The summed E-state index contributed by atoms with van der Waals surface area (Å²) in [5.41, 5.74) is -0.593. The van der Waals surface area contributed by atoms with Crippen LogP contribution in [-0.4, -0.2) is 48.3 Å². The smallest absolute Gasteiger partial charge is 0.410 e. The van der Waals surface area contributed by atoms with Gasteiger partial charge in [-0.1, -0.05) is 6.07 Å². The van der Waals surface area contributed by atoms with Crippen molar-refractivity contribution < 1.29 is 17.9 Å². The number of amides is 1. The van der Waals surface area contributed by atoms with E-state index in [1.807, 2.05) is 0 Å². The summed E-state index contributed by atoms with van der Waals surface area (Å²) in [6, 6.07) is 4.42. The number of hydrogen-bond donors (Lipinski definition) is 0. The maximum Gasteiger partial charge on any atom is 0.410 e. The van der Waals surface area contributed by atoms with Crippen molar-refractivity contribution in [3.63, 3.8) is 0 Å². The summed E-state index contributed by atoms with van der Waals surface area (Å²) in [5.74, 6) is -0.122. The molecule has 1 fully saturated rings. The molecule has 1 aliphatic heterocycles. The van der Waals surface area contributed by atoms with Gasteiger partial charge in [0.05, 0.1) is 5.75 Å². The third-order valence-electron chi connectivity index (χ3n) is 3.37. The Bertz CT molecular complexity index is 623. The molecule has 22 heavy (non-hydrogen) atoms. The Balaban J connectivity index is 2.10. The molecule has 1 aliphatic rings. The highest BCUT2D eigenvalue weighted by Gasteiger charge is 2.35. The fourth-order valence-corrected chi connectivity index (χ4v) is 3.97. The SMILES string of the molecule is CC(C)(C)OC(=O)N1CCC[C@@H]1CS(=O)(=O)c1ccccn1. The lowest BCUT2D eigenvalue weighted by atomic mass is 10.2. The zero-order valence-corrected chi connectivity index (χ0v) is 14.0. The van der Waals surface area contributed by atoms with Crippen LogP contribution >= 0.6 is 0 Å². The van der Waals surface area contributed by atoms with Crippen LogP contribution < -0.4 is 0 Å². The van der Waals surface area contributed by atoms with Gasteiger partial charge in [0, 0.05) is 18.8 Å². The van der Waals surface area contributed by atoms with Crippen LogP contribution in [0.1, 0.15) is 33.6 Å². The first-order valence-electron chi connectivity index (χ1n) is 7.32. The van der Waals surface area contributed by atoms with E-state index in [1.165, 1.54) is 17.2 Å². The van der Waals surface area contributed by atoms with E-state index in [4.69, 9.17) is 4.74 Å². The first-order valence-corrected chi connectivity index (χ1v) is 8.98. The summed E-state index contributed by atoms with van der Waals surface area (Å²) in [4.78, 5) is 17.6. The molecule has 1 atom stereocenters. The van der Waals surface area contributed by atoms with Gasteiger partial charge < -0.3 is 9.64 Å². The Morgan fingerprint density at radius 3 is 2.73 bits per heavy atom. The maximum atomic E-state index is 12.4. The van der Waals surface area contributed by atoms with E-state index in [0.717, 1.165) is 6.42 Å². The number of pyridine rings is 1. The molecule has 2 heterocycles. The lowest BCUT2D eigenvalue weighted by Gasteiger charge is -2.28. The minimum absolute atomic E-state index is 0.0473. The Morgan fingerprint density at radius 1 is 1.41 bits per heavy atom. The Hall–Kier alpha value is -1.63. The summed E-state index contributed by atoms with van der Waals surface area (Å²) < 4.78 is 30.1. The monoisotopic (exact) mass is 326 g/mol. The lowest BCUT2D eigenvalue weighted by molar-refractivity contribution is 0.0241. The largest absolute Gasteiger partial charge is 0.444 e. The Morgan fingerprint density at radius 2 is 2.14 bits per heavy atom. The minimum Gasteiger partial charge on any atom is -0.444 e. The van der Waals surface area contributed by atoms with Crippen molar-refractivity contribution in [2.45, 2.75) is 50.3 Å². The number of aromatic nitrogens is 1. The number of carbonyl (C=O) groups is 1. The Labute approximate surface area is 131 Å². The second kappa shape index (κ2) is 6.24. The summed E-state index contributed by atoms with van der Waals surface area (Å²) in [7, 11) is -3.51. The van der Waals surface area contributed by atoms with Gasteiger partial charge in [-0.05, 0) is 45.7 Å². The molecule has 0 saturated carbocycles. The van der Waals surface area contributed by atoms with Crippen LogP contribution in [0.4, 0.5) is 4.79 Å². The van der Waals surface area contributed by atoms with Crippen LogP contribution in [0.15, 0.2) is 29.4 Å². The molecule has 1 aromatic heterocycles. The fourth-order valence-electron chi connectivity index (χ4n) is 2.44.